The first-order valence-electron chi connectivity index (χ1n) is 6.34. The van der Waals surface area contributed by atoms with Crippen LogP contribution in [-0.2, 0) is 9.53 Å². The fourth-order valence-electron chi connectivity index (χ4n) is 2.08. The van der Waals surface area contributed by atoms with Gasteiger partial charge in [0.25, 0.3) is 0 Å². The standard InChI is InChI=1S/C13H18ClN3O2/c1-9(2)16-13(18)11-8-19-6-5-17(11)10-3-4-15-12(14)7-10/h3-4,7,9,11H,5-6,8H2,1-2H3,(H,16,18). The molecule has 2 rings (SSSR count). The number of rotatable bonds is 3. The minimum Gasteiger partial charge on any atom is -0.377 e. The first-order chi connectivity index (χ1) is 9.08. The van der Waals surface area contributed by atoms with E-state index in [1.54, 1.807) is 12.3 Å². The highest BCUT2D eigenvalue weighted by molar-refractivity contribution is 6.29. The summed E-state index contributed by atoms with van der Waals surface area (Å²) >= 11 is 5.91. The Kier molecular flexibility index (Phi) is 4.61. The van der Waals surface area contributed by atoms with Gasteiger partial charge < -0.3 is 15.0 Å². The molecule has 19 heavy (non-hydrogen) atoms. The lowest BCUT2D eigenvalue weighted by atomic mass is 10.1. The smallest absolute Gasteiger partial charge is 0.245 e. The van der Waals surface area contributed by atoms with E-state index in [2.05, 4.69) is 10.3 Å². The molecule has 2 heterocycles. The molecular formula is C13H18ClN3O2. The van der Waals surface area contributed by atoms with Crippen LogP contribution in [0.15, 0.2) is 18.3 Å². The Bertz CT molecular complexity index is 453. The minimum atomic E-state index is -0.324. The molecule has 0 aliphatic carbocycles. The van der Waals surface area contributed by atoms with Crippen molar-refractivity contribution < 1.29 is 9.53 Å². The monoisotopic (exact) mass is 283 g/mol. The SMILES string of the molecule is CC(C)NC(=O)C1COCCN1c1ccnc(Cl)c1. The Balaban J connectivity index is 2.18. The molecule has 1 N–H and O–H groups in total. The van der Waals surface area contributed by atoms with E-state index in [0.29, 0.717) is 24.9 Å². The second-order valence-electron chi connectivity index (χ2n) is 4.78. The van der Waals surface area contributed by atoms with Crippen LogP contribution in [0, 0.1) is 0 Å². The van der Waals surface area contributed by atoms with Gasteiger partial charge in [0.15, 0.2) is 0 Å². The van der Waals surface area contributed by atoms with Crippen LogP contribution >= 0.6 is 11.6 Å². The molecule has 1 fully saturated rings. The number of ether oxygens (including phenoxy) is 1. The zero-order valence-electron chi connectivity index (χ0n) is 11.1. The second kappa shape index (κ2) is 6.21. The van der Waals surface area contributed by atoms with Crippen molar-refractivity contribution in [3.63, 3.8) is 0 Å². The molecule has 6 heteroatoms. The third-order valence-electron chi connectivity index (χ3n) is 2.90. The van der Waals surface area contributed by atoms with Crippen LogP contribution in [0.3, 0.4) is 0 Å². The molecule has 1 aliphatic heterocycles. The Morgan fingerprint density at radius 2 is 2.42 bits per heavy atom. The van der Waals surface area contributed by atoms with Crippen molar-refractivity contribution in [3.8, 4) is 0 Å². The first-order valence-corrected chi connectivity index (χ1v) is 6.72. The Morgan fingerprint density at radius 1 is 1.63 bits per heavy atom. The molecule has 104 valence electrons. The zero-order chi connectivity index (χ0) is 13.8. The van der Waals surface area contributed by atoms with Gasteiger partial charge in [-0.05, 0) is 26.0 Å². The van der Waals surface area contributed by atoms with E-state index in [1.165, 1.54) is 0 Å². The van der Waals surface area contributed by atoms with Crippen molar-refractivity contribution in [2.75, 3.05) is 24.7 Å². The normalized spacial score (nSPS) is 19.6. The fraction of sp³-hybridized carbons (Fsp3) is 0.538. The van der Waals surface area contributed by atoms with Crippen molar-refractivity contribution in [2.45, 2.75) is 25.9 Å². The van der Waals surface area contributed by atoms with Crippen molar-refractivity contribution in [3.05, 3.63) is 23.5 Å². The van der Waals surface area contributed by atoms with Crippen molar-refractivity contribution in [1.29, 1.82) is 0 Å². The van der Waals surface area contributed by atoms with Crippen LogP contribution in [0.4, 0.5) is 5.69 Å². The Labute approximate surface area is 117 Å². The van der Waals surface area contributed by atoms with Crippen molar-refractivity contribution in [1.82, 2.24) is 10.3 Å². The lowest BCUT2D eigenvalue weighted by molar-refractivity contribution is -0.125. The highest BCUT2D eigenvalue weighted by Gasteiger charge is 2.30. The first kappa shape index (κ1) is 14.1. The third-order valence-corrected chi connectivity index (χ3v) is 3.11. The van der Waals surface area contributed by atoms with Crippen LogP contribution in [0.1, 0.15) is 13.8 Å². The number of carbonyl (C=O) groups is 1. The van der Waals surface area contributed by atoms with Gasteiger partial charge in [0.2, 0.25) is 5.91 Å². The van der Waals surface area contributed by atoms with Gasteiger partial charge in [-0.1, -0.05) is 11.6 Å². The molecule has 1 saturated heterocycles. The summed E-state index contributed by atoms with van der Waals surface area (Å²) in [6, 6.07) is 3.40. The van der Waals surface area contributed by atoms with E-state index in [-0.39, 0.29) is 18.0 Å². The number of nitrogens with zero attached hydrogens (tertiary/aromatic N) is 2. The molecule has 1 amide bonds. The van der Waals surface area contributed by atoms with Gasteiger partial charge in [-0.25, -0.2) is 4.98 Å². The molecule has 1 aliphatic rings. The number of morpholine rings is 1. The number of hydrogen-bond donors (Lipinski definition) is 1. The van der Waals surface area contributed by atoms with Gasteiger partial charge in [-0.3, -0.25) is 4.79 Å². The predicted octanol–water partition coefficient (Wildman–Crippen LogP) is 1.46. The third kappa shape index (κ3) is 3.58. The summed E-state index contributed by atoms with van der Waals surface area (Å²) in [6.07, 6.45) is 1.64. The Morgan fingerprint density at radius 3 is 3.11 bits per heavy atom. The molecule has 1 aromatic heterocycles. The molecule has 1 unspecified atom stereocenters. The number of carbonyl (C=O) groups excluding carboxylic acids is 1. The predicted molar refractivity (Wildman–Crippen MR) is 74.5 cm³/mol. The molecule has 1 aromatic rings. The number of pyridine rings is 1. The summed E-state index contributed by atoms with van der Waals surface area (Å²) in [5, 5.41) is 3.34. The molecule has 5 nitrogen and oxygen atoms in total. The van der Waals surface area contributed by atoms with Gasteiger partial charge in [0.05, 0.1) is 13.2 Å². The summed E-state index contributed by atoms with van der Waals surface area (Å²) in [5.74, 6) is -0.0253. The lowest BCUT2D eigenvalue weighted by Gasteiger charge is -2.36. The second-order valence-corrected chi connectivity index (χ2v) is 5.17. The maximum atomic E-state index is 12.2. The quantitative estimate of drug-likeness (QED) is 0.854. The maximum Gasteiger partial charge on any atom is 0.245 e. The van der Waals surface area contributed by atoms with Gasteiger partial charge in [0.1, 0.15) is 11.2 Å². The van der Waals surface area contributed by atoms with Gasteiger partial charge in [-0.15, -0.1) is 0 Å². The lowest BCUT2D eigenvalue weighted by Crippen LogP contribution is -2.55. The number of aromatic nitrogens is 1. The van der Waals surface area contributed by atoms with Gasteiger partial charge in [-0.2, -0.15) is 0 Å². The van der Waals surface area contributed by atoms with Crippen LogP contribution in [0.25, 0.3) is 0 Å². The largest absolute Gasteiger partial charge is 0.377 e. The Hall–Kier alpha value is -1.33. The van der Waals surface area contributed by atoms with Crippen LogP contribution in [0.5, 0.6) is 0 Å². The van der Waals surface area contributed by atoms with E-state index >= 15 is 0 Å². The van der Waals surface area contributed by atoms with Gasteiger partial charge >= 0.3 is 0 Å². The van der Waals surface area contributed by atoms with E-state index in [9.17, 15) is 4.79 Å². The van der Waals surface area contributed by atoms with E-state index in [4.69, 9.17) is 16.3 Å². The molecule has 0 aromatic carbocycles. The molecule has 0 bridgehead atoms. The van der Waals surface area contributed by atoms with Crippen LogP contribution < -0.4 is 10.2 Å². The topological polar surface area (TPSA) is 54.5 Å². The van der Waals surface area contributed by atoms with E-state index in [0.717, 1.165) is 5.69 Å². The summed E-state index contributed by atoms with van der Waals surface area (Å²) in [7, 11) is 0. The van der Waals surface area contributed by atoms with Crippen LogP contribution in [-0.4, -0.2) is 42.7 Å². The minimum absolute atomic E-state index is 0.0253. The average molecular weight is 284 g/mol. The number of halogens is 1. The van der Waals surface area contributed by atoms with Crippen molar-refractivity contribution in [2.24, 2.45) is 0 Å². The number of nitrogens with one attached hydrogen (secondary N) is 1. The van der Waals surface area contributed by atoms with E-state index in [1.807, 2.05) is 24.8 Å². The summed E-state index contributed by atoms with van der Waals surface area (Å²) in [4.78, 5) is 18.2. The highest BCUT2D eigenvalue weighted by Crippen LogP contribution is 2.22. The highest BCUT2D eigenvalue weighted by atomic mass is 35.5. The molecule has 1 atom stereocenters. The number of hydrogen-bond acceptors (Lipinski definition) is 4. The fourth-order valence-corrected chi connectivity index (χ4v) is 2.25. The van der Waals surface area contributed by atoms with E-state index < -0.39 is 0 Å². The average Bonchev–Trinajstić information content (AvgIpc) is 2.38. The zero-order valence-corrected chi connectivity index (χ0v) is 11.9. The van der Waals surface area contributed by atoms with Gasteiger partial charge in [0, 0.05) is 24.5 Å². The molecule has 0 spiro atoms. The summed E-state index contributed by atoms with van der Waals surface area (Å²) in [5.41, 5.74) is 0.896. The summed E-state index contributed by atoms with van der Waals surface area (Å²) < 4.78 is 5.42. The molecule has 0 radical (unpaired) electrons. The summed E-state index contributed by atoms with van der Waals surface area (Å²) in [6.45, 7) is 5.53. The van der Waals surface area contributed by atoms with Crippen molar-refractivity contribution >= 4 is 23.2 Å². The number of anilines is 1. The maximum absolute atomic E-state index is 12.2. The molecular weight excluding hydrogens is 266 g/mol. The number of amides is 1. The van der Waals surface area contributed by atoms with Crippen LogP contribution in [0.2, 0.25) is 5.15 Å². The molecule has 0 saturated carbocycles.